The number of fused-ring (bicyclic) bond motifs is 2. The van der Waals surface area contributed by atoms with E-state index in [-0.39, 0.29) is 38.2 Å². The highest BCUT2D eigenvalue weighted by Crippen LogP contribution is 2.63. The molecule has 44 heavy (non-hydrogen) atoms. The number of benzene rings is 1. The highest BCUT2D eigenvalue weighted by molar-refractivity contribution is 5.98. The van der Waals surface area contributed by atoms with Crippen molar-refractivity contribution in [1.29, 1.82) is 0 Å². The molecule has 2 aromatic rings. The van der Waals surface area contributed by atoms with Gasteiger partial charge in [0.05, 0.1) is 23.6 Å². The van der Waals surface area contributed by atoms with E-state index in [1.807, 2.05) is 37.3 Å². The lowest BCUT2D eigenvalue weighted by Gasteiger charge is -2.36. The largest absolute Gasteiger partial charge is 0.465 e. The summed E-state index contributed by atoms with van der Waals surface area (Å²) in [6.45, 7) is 10.6. The van der Waals surface area contributed by atoms with Crippen LogP contribution in [0.3, 0.4) is 0 Å². The summed E-state index contributed by atoms with van der Waals surface area (Å²) in [7, 11) is 0. The lowest BCUT2D eigenvalue weighted by Crippen LogP contribution is -2.56. The maximum absolute atomic E-state index is 14.7. The Morgan fingerprint density at radius 3 is 2.70 bits per heavy atom. The molecular formula is C33H45N5O6. The minimum absolute atomic E-state index is 0.117. The van der Waals surface area contributed by atoms with Crippen LogP contribution in [0, 0.1) is 11.8 Å². The summed E-state index contributed by atoms with van der Waals surface area (Å²) in [5.41, 5.74) is -0.524. The van der Waals surface area contributed by atoms with E-state index >= 15 is 0 Å². The topological polar surface area (TPSA) is 127 Å². The van der Waals surface area contributed by atoms with E-state index in [2.05, 4.69) is 23.5 Å². The van der Waals surface area contributed by atoms with Crippen LogP contribution in [0.25, 0.3) is 11.0 Å². The van der Waals surface area contributed by atoms with Crippen molar-refractivity contribution >= 4 is 28.8 Å². The third-order valence-electron chi connectivity index (χ3n) is 9.50. The number of aliphatic hydroxyl groups is 1. The molecule has 1 spiro atoms. The van der Waals surface area contributed by atoms with Crippen LogP contribution >= 0.6 is 0 Å². The van der Waals surface area contributed by atoms with Crippen LogP contribution in [-0.2, 0) is 30.5 Å². The number of ether oxygens (including phenoxy) is 2. The lowest BCUT2D eigenvalue weighted by atomic mass is 9.66. The second kappa shape index (κ2) is 13.6. The van der Waals surface area contributed by atoms with Crippen molar-refractivity contribution < 1.29 is 29.0 Å². The molecule has 3 saturated heterocycles. The second-order valence-corrected chi connectivity index (χ2v) is 12.4. The molecule has 5 atom stereocenters. The Kier molecular flexibility index (Phi) is 9.84. The van der Waals surface area contributed by atoms with Crippen LogP contribution in [0.15, 0.2) is 49.6 Å². The fourth-order valence-corrected chi connectivity index (χ4v) is 7.43. The summed E-state index contributed by atoms with van der Waals surface area (Å²) in [5.74, 6) is -2.51. The molecular weight excluding hydrogens is 562 g/mol. The molecule has 11 heteroatoms. The average molecular weight is 608 g/mol. The van der Waals surface area contributed by atoms with Gasteiger partial charge in [0.15, 0.2) is 0 Å². The molecule has 3 fully saturated rings. The number of aromatic nitrogens is 3. The summed E-state index contributed by atoms with van der Waals surface area (Å²) in [6.07, 6.45) is 9.94. The van der Waals surface area contributed by atoms with E-state index in [4.69, 9.17) is 9.47 Å². The summed E-state index contributed by atoms with van der Waals surface area (Å²) >= 11 is 0. The van der Waals surface area contributed by atoms with Crippen LogP contribution in [0.1, 0.15) is 64.7 Å². The van der Waals surface area contributed by atoms with Crippen LogP contribution in [0.4, 0.5) is 0 Å². The summed E-state index contributed by atoms with van der Waals surface area (Å²) in [4.78, 5) is 45.9. The highest BCUT2D eigenvalue weighted by atomic mass is 16.6. The molecule has 5 rings (SSSR count). The summed E-state index contributed by atoms with van der Waals surface area (Å²) in [6, 6.07) is 6.63. The first-order chi connectivity index (χ1) is 21.3. The molecule has 2 unspecified atom stereocenters. The number of unbranched alkanes of at least 4 members (excludes halogenated alkanes) is 5. The predicted octanol–water partition coefficient (Wildman–Crippen LogP) is 3.62. The Morgan fingerprint density at radius 2 is 1.93 bits per heavy atom. The SMILES string of the molecule is C=CCCCCOC(=O)[C@@H]1[C@H]2C(=O)N(CCCCCCO)C(C(=O)N(CC=C)Cn3nnc4ccccc43)C23CC[C@@]1(C)O3. The third-order valence-corrected chi connectivity index (χ3v) is 9.50. The van der Waals surface area contributed by atoms with E-state index in [0.29, 0.717) is 44.2 Å². The van der Waals surface area contributed by atoms with Crippen molar-refractivity contribution in [3.05, 3.63) is 49.6 Å². The van der Waals surface area contributed by atoms with Gasteiger partial charge in [0.1, 0.15) is 29.7 Å². The molecule has 0 aliphatic carbocycles. The van der Waals surface area contributed by atoms with Gasteiger partial charge in [-0.1, -0.05) is 42.3 Å². The van der Waals surface area contributed by atoms with E-state index in [9.17, 15) is 19.5 Å². The van der Waals surface area contributed by atoms with Gasteiger partial charge in [-0.15, -0.1) is 18.3 Å². The molecule has 11 nitrogen and oxygen atoms in total. The molecule has 0 saturated carbocycles. The first-order valence-electron chi connectivity index (χ1n) is 15.9. The molecule has 1 aromatic carbocycles. The van der Waals surface area contributed by atoms with Gasteiger partial charge in [0.25, 0.3) is 0 Å². The standard InChI is InChI=1S/C33H45N5O6/c1-4-6-7-14-22-43-31(42)27-26-29(40)37(20-12-8-9-13-21-39)28(33(26)18-17-32(27,3)44-33)30(41)36(19-5-2)23-38-25-16-11-10-15-24(25)34-35-38/h4-5,10-11,15-16,26-28,39H,1-2,6-9,12-14,17-23H2,3H3/t26-,27-,28?,32+,33?/m0/s1. The molecule has 2 amide bonds. The lowest BCUT2D eigenvalue weighted by molar-refractivity contribution is -0.160. The van der Waals surface area contributed by atoms with Gasteiger partial charge < -0.3 is 24.4 Å². The number of hydrogen-bond donors (Lipinski definition) is 1. The van der Waals surface area contributed by atoms with Crippen LogP contribution < -0.4 is 0 Å². The van der Waals surface area contributed by atoms with Crippen molar-refractivity contribution in [1.82, 2.24) is 24.8 Å². The molecule has 3 aliphatic rings. The molecule has 238 valence electrons. The average Bonchev–Trinajstić information content (AvgIpc) is 3.72. The number of carbonyl (C=O) groups excluding carboxylic acids is 3. The van der Waals surface area contributed by atoms with Crippen molar-refractivity contribution in [2.24, 2.45) is 11.8 Å². The molecule has 1 N–H and O–H groups in total. The van der Waals surface area contributed by atoms with E-state index < -0.39 is 35.0 Å². The predicted molar refractivity (Wildman–Crippen MR) is 164 cm³/mol. The van der Waals surface area contributed by atoms with Gasteiger partial charge in [0.2, 0.25) is 11.8 Å². The fraction of sp³-hybridized carbons (Fsp3) is 0.606. The number of likely N-dealkylation sites (tertiary alicyclic amines) is 1. The number of hydrogen-bond acceptors (Lipinski definition) is 8. The zero-order chi connectivity index (χ0) is 31.3. The molecule has 2 bridgehead atoms. The van der Waals surface area contributed by atoms with Gasteiger partial charge in [0, 0.05) is 19.7 Å². The van der Waals surface area contributed by atoms with Crippen molar-refractivity contribution in [3.8, 4) is 0 Å². The number of allylic oxidation sites excluding steroid dienone is 1. The summed E-state index contributed by atoms with van der Waals surface area (Å²) < 4.78 is 14.1. The smallest absolute Gasteiger partial charge is 0.312 e. The van der Waals surface area contributed by atoms with Gasteiger partial charge in [-0.25, -0.2) is 4.68 Å². The maximum Gasteiger partial charge on any atom is 0.312 e. The van der Waals surface area contributed by atoms with Gasteiger partial charge in [-0.2, -0.15) is 0 Å². The monoisotopic (exact) mass is 607 g/mol. The first-order valence-corrected chi connectivity index (χ1v) is 15.9. The Balaban J connectivity index is 1.44. The molecule has 3 aliphatic heterocycles. The number of amides is 2. The Labute approximate surface area is 258 Å². The van der Waals surface area contributed by atoms with Crippen molar-refractivity contribution in [3.63, 3.8) is 0 Å². The molecule has 4 heterocycles. The van der Waals surface area contributed by atoms with Gasteiger partial charge in [-0.05, 0) is 64.0 Å². The number of rotatable bonds is 17. The second-order valence-electron chi connectivity index (χ2n) is 12.4. The van der Waals surface area contributed by atoms with Gasteiger partial charge in [-0.3, -0.25) is 14.4 Å². The van der Waals surface area contributed by atoms with Crippen molar-refractivity contribution in [2.45, 2.75) is 88.6 Å². The maximum atomic E-state index is 14.7. The zero-order valence-corrected chi connectivity index (χ0v) is 25.7. The van der Waals surface area contributed by atoms with Crippen LogP contribution in [0.2, 0.25) is 0 Å². The number of nitrogens with zero attached hydrogens (tertiary/aromatic N) is 5. The first kappa shape index (κ1) is 31.8. The fourth-order valence-electron chi connectivity index (χ4n) is 7.43. The Morgan fingerprint density at radius 1 is 1.14 bits per heavy atom. The summed E-state index contributed by atoms with van der Waals surface area (Å²) in [5, 5.41) is 17.7. The third kappa shape index (κ3) is 5.79. The zero-order valence-electron chi connectivity index (χ0n) is 25.7. The minimum Gasteiger partial charge on any atom is -0.465 e. The number of esters is 1. The van der Waals surface area contributed by atoms with Crippen LogP contribution in [-0.4, -0.2) is 91.2 Å². The van der Waals surface area contributed by atoms with Crippen molar-refractivity contribution in [2.75, 3.05) is 26.3 Å². The van der Waals surface area contributed by atoms with Crippen LogP contribution in [0.5, 0.6) is 0 Å². The Hall–Kier alpha value is -3.57. The molecule has 0 radical (unpaired) electrons. The Bertz CT molecular complexity index is 1380. The highest BCUT2D eigenvalue weighted by Gasteiger charge is 2.78. The normalized spacial score (nSPS) is 27.1. The van der Waals surface area contributed by atoms with E-state index in [1.54, 1.807) is 20.6 Å². The van der Waals surface area contributed by atoms with E-state index in [0.717, 1.165) is 31.2 Å². The van der Waals surface area contributed by atoms with Gasteiger partial charge >= 0.3 is 5.97 Å². The number of aliphatic hydroxyl groups excluding tert-OH is 1. The minimum atomic E-state index is -1.13. The van der Waals surface area contributed by atoms with E-state index in [1.165, 1.54) is 0 Å². The molecule has 1 aromatic heterocycles. The number of carbonyl (C=O) groups is 3. The number of para-hydroxylation sites is 1. The quantitative estimate of drug-likeness (QED) is 0.164.